The number of benzene rings is 2. The summed E-state index contributed by atoms with van der Waals surface area (Å²) in [6, 6.07) is 15.0. The van der Waals surface area contributed by atoms with Crippen LogP contribution in [-0.4, -0.2) is 49.6 Å². The van der Waals surface area contributed by atoms with Crippen LogP contribution in [0.5, 0.6) is 11.5 Å². The van der Waals surface area contributed by atoms with Crippen LogP contribution in [0, 0.1) is 5.92 Å². The van der Waals surface area contributed by atoms with Gasteiger partial charge in [-0.1, -0.05) is 12.1 Å². The Morgan fingerprint density at radius 2 is 1.83 bits per heavy atom. The summed E-state index contributed by atoms with van der Waals surface area (Å²) in [5, 5.41) is 2.98. The van der Waals surface area contributed by atoms with Crippen molar-refractivity contribution in [2.24, 2.45) is 5.92 Å². The van der Waals surface area contributed by atoms with Crippen LogP contribution in [0.25, 0.3) is 0 Å². The highest BCUT2D eigenvalue weighted by Gasteiger charge is 2.27. The molecule has 1 aliphatic carbocycles. The number of piperidine rings is 1. The average molecular weight is 408 g/mol. The lowest BCUT2D eigenvalue weighted by Gasteiger charge is -2.33. The van der Waals surface area contributed by atoms with Gasteiger partial charge in [-0.15, -0.1) is 0 Å². The first-order valence-electron chi connectivity index (χ1n) is 10.6. The molecule has 0 bridgehead atoms. The first-order chi connectivity index (χ1) is 14.6. The van der Waals surface area contributed by atoms with E-state index in [0.29, 0.717) is 36.1 Å². The van der Waals surface area contributed by atoms with E-state index in [1.165, 1.54) is 0 Å². The van der Waals surface area contributed by atoms with E-state index in [2.05, 4.69) is 5.32 Å². The van der Waals surface area contributed by atoms with Crippen molar-refractivity contribution in [3.63, 3.8) is 0 Å². The third-order valence-electron chi connectivity index (χ3n) is 5.66. The Morgan fingerprint density at radius 3 is 2.57 bits per heavy atom. The minimum absolute atomic E-state index is 0.00294. The lowest BCUT2D eigenvalue weighted by Crippen LogP contribution is -2.41. The highest BCUT2D eigenvalue weighted by atomic mass is 16.5. The van der Waals surface area contributed by atoms with Gasteiger partial charge in [0.05, 0.1) is 19.3 Å². The van der Waals surface area contributed by atoms with Crippen LogP contribution in [0.15, 0.2) is 48.5 Å². The third kappa shape index (κ3) is 4.93. The van der Waals surface area contributed by atoms with Crippen molar-refractivity contribution >= 4 is 11.8 Å². The zero-order valence-electron chi connectivity index (χ0n) is 17.3. The fourth-order valence-corrected chi connectivity index (χ4v) is 3.79. The number of methoxy groups -OCH3 is 1. The van der Waals surface area contributed by atoms with E-state index in [-0.39, 0.29) is 17.7 Å². The Balaban J connectivity index is 1.30. The molecule has 1 heterocycles. The number of para-hydroxylation sites is 1. The zero-order chi connectivity index (χ0) is 20.9. The van der Waals surface area contributed by atoms with Crippen molar-refractivity contribution in [1.82, 2.24) is 10.2 Å². The van der Waals surface area contributed by atoms with Gasteiger partial charge in [-0.2, -0.15) is 0 Å². The normalized spacial score (nSPS) is 18.6. The van der Waals surface area contributed by atoms with Crippen LogP contribution in [0.1, 0.15) is 46.4 Å². The van der Waals surface area contributed by atoms with Crippen molar-refractivity contribution in [2.75, 3.05) is 26.8 Å². The number of carbonyl (C=O) groups excluding carboxylic acids is 2. The number of ether oxygens (including phenoxy) is 2. The van der Waals surface area contributed by atoms with E-state index in [1.54, 1.807) is 19.2 Å². The molecule has 2 aromatic rings. The SMILES string of the molecule is COc1ccccc1C(=O)N1CCC[C@@H](COc2ccc(C(=O)NC3CC3)cc2)C1. The maximum absolute atomic E-state index is 12.9. The van der Waals surface area contributed by atoms with Crippen LogP contribution in [0.4, 0.5) is 0 Å². The Labute approximate surface area is 177 Å². The molecule has 2 aromatic carbocycles. The van der Waals surface area contributed by atoms with E-state index in [9.17, 15) is 9.59 Å². The van der Waals surface area contributed by atoms with Crippen LogP contribution in [-0.2, 0) is 0 Å². The first kappa shape index (κ1) is 20.3. The number of nitrogens with one attached hydrogen (secondary N) is 1. The summed E-state index contributed by atoms with van der Waals surface area (Å²) >= 11 is 0. The van der Waals surface area contributed by atoms with Crippen molar-refractivity contribution in [1.29, 1.82) is 0 Å². The number of hydrogen-bond donors (Lipinski definition) is 1. The molecule has 2 amide bonds. The Morgan fingerprint density at radius 1 is 1.07 bits per heavy atom. The van der Waals surface area contributed by atoms with Crippen LogP contribution in [0.3, 0.4) is 0 Å². The lowest BCUT2D eigenvalue weighted by atomic mass is 9.98. The van der Waals surface area contributed by atoms with Crippen molar-refractivity contribution in [3.05, 3.63) is 59.7 Å². The van der Waals surface area contributed by atoms with Gasteiger partial charge in [0.15, 0.2) is 0 Å². The fraction of sp³-hybridized carbons (Fsp3) is 0.417. The smallest absolute Gasteiger partial charge is 0.257 e. The predicted octanol–water partition coefficient (Wildman–Crippen LogP) is 3.52. The summed E-state index contributed by atoms with van der Waals surface area (Å²) in [6.45, 7) is 1.96. The second-order valence-corrected chi connectivity index (χ2v) is 8.04. The largest absolute Gasteiger partial charge is 0.496 e. The minimum Gasteiger partial charge on any atom is -0.496 e. The van der Waals surface area contributed by atoms with Crippen molar-refractivity contribution in [3.8, 4) is 11.5 Å². The summed E-state index contributed by atoms with van der Waals surface area (Å²) in [5.41, 5.74) is 1.25. The number of carbonyl (C=O) groups is 2. The van der Waals surface area contributed by atoms with Gasteiger partial charge in [0, 0.05) is 30.6 Å². The van der Waals surface area contributed by atoms with Gasteiger partial charge in [-0.25, -0.2) is 0 Å². The van der Waals surface area contributed by atoms with E-state index in [1.807, 2.05) is 41.3 Å². The predicted molar refractivity (Wildman–Crippen MR) is 114 cm³/mol. The highest BCUT2D eigenvalue weighted by Crippen LogP contribution is 2.24. The Kier molecular flexibility index (Phi) is 6.21. The molecule has 1 saturated carbocycles. The molecule has 158 valence electrons. The highest BCUT2D eigenvalue weighted by molar-refractivity contribution is 5.97. The maximum Gasteiger partial charge on any atom is 0.257 e. The number of amides is 2. The molecular weight excluding hydrogens is 380 g/mol. The topological polar surface area (TPSA) is 67.9 Å². The molecule has 0 unspecified atom stereocenters. The van der Waals surface area contributed by atoms with E-state index in [0.717, 1.165) is 38.0 Å². The Bertz CT molecular complexity index is 892. The molecule has 2 aliphatic rings. The molecule has 0 spiro atoms. The quantitative estimate of drug-likeness (QED) is 0.761. The molecule has 30 heavy (non-hydrogen) atoms. The molecule has 1 aliphatic heterocycles. The van der Waals surface area contributed by atoms with Crippen molar-refractivity contribution < 1.29 is 19.1 Å². The molecule has 6 heteroatoms. The number of nitrogens with zero attached hydrogens (tertiary/aromatic N) is 1. The molecule has 1 atom stereocenters. The van der Waals surface area contributed by atoms with Crippen molar-refractivity contribution in [2.45, 2.75) is 31.7 Å². The number of likely N-dealkylation sites (tertiary alicyclic amines) is 1. The summed E-state index contributed by atoms with van der Waals surface area (Å²) in [6.07, 6.45) is 4.13. The number of rotatable bonds is 7. The molecule has 0 radical (unpaired) electrons. The first-order valence-corrected chi connectivity index (χ1v) is 10.6. The summed E-state index contributed by atoms with van der Waals surface area (Å²) in [5.74, 6) is 1.60. The van der Waals surface area contributed by atoms with Gasteiger partial charge in [-0.05, 0) is 62.1 Å². The minimum atomic E-state index is -0.0261. The molecule has 1 N–H and O–H groups in total. The van der Waals surface area contributed by atoms with E-state index < -0.39 is 0 Å². The zero-order valence-corrected chi connectivity index (χ0v) is 17.3. The van der Waals surface area contributed by atoms with Gasteiger partial charge in [0.2, 0.25) is 0 Å². The third-order valence-corrected chi connectivity index (χ3v) is 5.66. The van der Waals surface area contributed by atoms with Gasteiger partial charge < -0.3 is 19.7 Å². The van der Waals surface area contributed by atoms with Crippen LogP contribution in [0.2, 0.25) is 0 Å². The lowest BCUT2D eigenvalue weighted by molar-refractivity contribution is 0.0630. The molecule has 1 saturated heterocycles. The summed E-state index contributed by atoms with van der Waals surface area (Å²) in [4.78, 5) is 26.9. The van der Waals surface area contributed by atoms with Gasteiger partial charge in [-0.3, -0.25) is 9.59 Å². The average Bonchev–Trinajstić information content (AvgIpc) is 3.61. The molecule has 0 aromatic heterocycles. The molecule has 4 rings (SSSR count). The van der Waals surface area contributed by atoms with Crippen LogP contribution >= 0.6 is 0 Å². The van der Waals surface area contributed by atoms with E-state index in [4.69, 9.17) is 9.47 Å². The second kappa shape index (κ2) is 9.20. The molecule has 2 fully saturated rings. The second-order valence-electron chi connectivity index (χ2n) is 8.04. The Hall–Kier alpha value is -3.02. The summed E-state index contributed by atoms with van der Waals surface area (Å²) in [7, 11) is 1.58. The molecule has 6 nitrogen and oxygen atoms in total. The van der Waals surface area contributed by atoms with Gasteiger partial charge in [0.25, 0.3) is 11.8 Å². The maximum atomic E-state index is 12.9. The van der Waals surface area contributed by atoms with Gasteiger partial charge >= 0.3 is 0 Å². The van der Waals surface area contributed by atoms with E-state index >= 15 is 0 Å². The monoisotopic (exact) mass is 408 g/mol. The van der Waals surface area contributed by atoms with Gasteiger partial charge in [0.1, 0.15) is 11.5 Å². The van der Waals surface area contributed by atoms with Crippen LogP contribution < -0.4 is 14.8 Å². The summed E-state index contributed by atoms with van der Waals surface area (Å²) < 4.78 is 11.3. The molecular formula is C24H28N2O4. The number of hydrogen-bond acceptors (Lipinski definition) is 4. The fourth-order valence-electron chi connectivity index (χ4n) is 3.79. The standard InChI is InChI=1S/C24H28N2O4/c1-29-22-7-3-2-6-21(22)24(28)26-14-4-5-17(15-26)16-30-20-12-8-18(9-13-20)23(27)25-19-10-11-19/h2-3,6-9,12-13,17,19H,4-5,10-11,14-16H2,1H3,(H,25,27)/t17-/m1/s1.